The fraction of sp³-hybridized carbons (Fsp3) is 0.250. The van der Waals surface area contributed by atoms with Gasteiger partial charge in [-0.25, -0.2) is 8.42 Å². The SMILES string of the molecule is COCCOc1ccc(S(=O)(=O)Nc2ccc(C)cc2)cc1. The fourth-order valence-electron chi connectivity index (χ4n) is 1.79. The van der Waals surface area contributed by atoms with Crippen LogP contribution in [0.5, 0.6) is 5.75 Å². The van der Waals surface area contributed by atoms with Crippen LogP contribution in [0.25, 0.3) is 0 Å². The topological polar surface area (TPSA) is 64.6 Å². The molecule has 0 aromatic heterocycles. The normalized spacial score (nSPS) is 11.2. The van der Waals surface area contributed by atoms with E-state index in [0.29, 0.717) is 24.7 Å². The monoisotopic (exact) mass is 321 g/mol. The molecule has 118 valence electrons. The largest absolute Gasteiger partial charge is 0.491 e. The van der Waals surface area contributed by atoms with Crippen LogP contribution in [0.2, 0.25) is 0 Å². The van der Waals surface area contributed by atoms with Gasteiger partial charge in [0.05, 0.1) is 11.5 Å². The zero-order chi connectivity index (χ0) is 16.0. The molecule has 0 bridgehead atoms. The maximum absolute atomic E-state index is 12.3. The number of hydrogen-bond donors (Lipinski definition) is 1. The molecule has 22 heavy (non-hydrogen) atoms. The van der Waals surface area contributed by atoms with Gasteiger partial charge in [-0.3, -0.25) is 4.72 Å². The lowest BCUT2D eigenvalue weighted by Crippen LogP contribution is -2.13. The van der Waals surface area contributed by atoms with E-state index >= 15 is 0 Å². The van der Waals surface area contributed by atoms with Crippen LogP contribution in [-0.2, 0) is 14.8 Å². The Morgan fingerprint density at radius 1 is 0.955 bits per heavy atom. The van der Waals surface area contributed by atoms with E-state index in [9.17, 15) is 8.42 Å². The minimum absolute atomic E-state index is 0.187. The Morgan fingerprint density at radius 3 is 2.18 bits per heavy atom. The summed E-state index contributed by atoms with van der Waals surface area (Å²) in [6.45, 7) is 2.85. The zero-order valence-corrected chi connectivity index (χ0v) is 13.4. The molecule has 1 N–H and O–H groups in total. The highest BCUT2D eigenvalue weighted by molar-refractivity contribution is 7.92. The van der Waals surface area contributed by atoms with Gasteiger partial charge in [0.1, 0.15) is 12.4 Å². The minimum Gasteiger partial charge on any atom is -0.491 e. The molecule has 0 aliphatic heterocycles. The van der Waals surface area contributed by atoms with Gasteiger partial charge in [-0.2, -0.15) is 0 Å². The van der Waals surface area contributed by atoms with Crippen molar-refractivity contribution in [3.05, 3.63) is 54.1 Å². The molecular formula is C16H19NO4S. The number of hydrogen-bond acceptors (Lipinski definition) is 4. The van der Waals surface area contributed by atoms with Crippen LogP contribution in [0, 0.1) is 6.92 Å². The number of anilines is 1. The maximum atomic E-state index is 12.3. The summed E-state index contributed by atoms with van der Waals surface area (Å²) in [7, 11) is -2.01. The summed E-state index contributed by atoms with van der Waals surface area (Å²) in [5.74, 6) is 0.603. The second kappa shape index (κ2) is 7.29. The van der Waals surface area contributed by atoms with Crippen LogP contribution in [-0.4, -0.2) is 28.7 Å². The van der Waals surface area contributed by atoms with Gasteiger partial charge in [0.15, 0.2) is 0 Å². The van der Waals surface area contributed by atoms with Crippen molar-refractivity contribution < 1.29 is 17.9 Å². The van der Waals surface area contributed by atoms with E-state index in [1.807, 2.05) is 19.1 Å². The number of nitrogens with one attached hydrogen (secondary N) is 1. The third-order valence-corrected chi connectivity index (χ3v) is 4.39. The summed E-state index contributed by atoms with van der Waals surface area (Å²) >= 11 is 0. The van der Waals surface area contributed by atoms with Crippen molar-refractivity contribution >= 4 is 15.7 Å². The van der Waals surface area contributed by atoms with Crippen molar-refractivity contribution in [1.82, 2.24) is 0 Å². The molecule has 5 nitrogen and oxygen atoms in total. The molecule has 0 aliphatic carbocycles. The average molecular weight is 321 g/mol. The summed E-state index contributed by atoms with van der Waals surface area (Å²) in [5, 5.41) is 0. The molecule has 0 aliphatic rings. The molecule has 2 rings (SSSR count). The fourth-order valence-corrected chi connectivity index (χ4v) is 2.85. The van der Waals surface area contributed by atoms with Gasteiger partial charge in [-0.15, -0.1) is 0 Å². The first kappa shape index (κ1) is 16.3. The lowest BCUT2D eigenvalue weighted by molar-refractivity contribution is 0.146. The van der Waals surface area contributed by atoms with Gasteiger partial charge in [0, 0.05) is 12.8 Å². The van der Waals surface area contributed by atoms with Crippen molar-refractivity contribution in [2.45, 2.75) is 11.8 Å². The van der Waals surface area contributed by atoms with Crippen molar-refractivity contribution in [3.63, 3.8) is 0 Å². The molecule has 0 saturated heterocycles. The van der Waals surface area contributed by atoms with Crippen LogP contribution < -0.4 is 9.46 Å². The molecule has 0 amide bonds. The summed E-state index contributed by atoms with van der Waals surface area (Å²) in [6.07, 6.45) is 0. The molecule has 2 aromatic carbocycles. The van der Waals surface area contributed by atoms with E-state index in [2.05, 4.69) is 4.72 Å². The molecule has 0 atom stereocenters. The minimum atomic E-state index is -3.60. The molecule has 0 spiro atoms. The van der Waals surface area contributed by atoms with Crippen molar-refractivity contribution in [2.75, 3.05) is 25.0 Å². The van der Waals surface area contributed by atoms with E-state index in [-0.39, 0.29) is 4.90 Å². The third kappa shape index (κ3) is 4.47. The second-order valence-electron chi connectivity index (χ2n) is 4.78. The highest BCUT2D eigenvalue weighted by Crippen LogP contribution is 2.19. The van der Waals surface area contributed by atoms with Crippen LogP contribution in [0.1, 0.15) is 5.56 Å². The van der Waals surface area contributed by atoms with Gasteiger partial charge in [-0.1, -0.05) is 17.7 Å². The Hall–Kier alpha value is -2.05. The summed E-state index contributed by atoms with van der Waals surface area (Å²) in [5.41, 5.74) is 1.60. The van der Waals surface area contributed by atoms with Crippen molar-refractivity contribution in [1.29, 1.82) is 0 Å². The molecule has 6 heteroatoms. The van der Waals surface area contributed by atoms with Gasteiger partial charge in [-0.05, 0) is 43.3 Å². The standard InChI is InChI=1S/C16H19NO4S/c1-13-3-5-14(6-4-13)17-22(18,19)16-9-7-15(8-10-16)21-12-11-20-2/h3-10,17H,11-12H2,1-2H3. The molecule has 2 aromatic rings. The van der Waals surface area contributed by atoms with Crippen LogP contribution in [0.15, 0.2) is 53.4 Å². The molecule has 0 heterocycles. The van der Waals surface area contributed by atoms with Crippen LogP contribution >= 0.6 is 0 Å². The Labute approximate surface area is 130 Å². The molecule has 0 radical (unpaired) electrons. The number of ether oxygens (including phenoxy) is 2. The average Bonchev–Trinajstić information content (AvgIpc) is 2.50. The van der Waals surface area contributed by atoms with E-state index in [4.69, 9.17) is 9.47 Å². The lowest BCUT2D eigenvalue weighted by atomic mass is 10.2. The summed E-state index contributed by atoms with van der Waals surface area (Å²) in [6, 6.07) is 13.4. The van der Waals surface area contributed by atoms with Crippen molar-refractivity contribution in [2.24, 2.45) is 0 Å². The first-order valence-electron chi connectivity index (χ1n) is 6.82. The quantitative estimate of drug-likeness (QED) is 0.797. The van der Waals surface area contributed by atoms with E-state index in [1.165, 1.54) is 12.1 Å². The predicted molar refractivity (Wildman–Crippen MR) is 85.8 cm³/mol. The first-order valence-corrected chi connectivity index (χ1v) is 8.31. The smallest absolute Gasteiger partial charge is 0.261 e. The highest BCUT2D eigenvalue weighted by atomic mass is 32.2. The Bertz CT molecular complexity index is 694. The Balaban J connectivity index is 2.07. The molecule has 0 saturated carbocycles. The van der Waals surface area contributed by atoms with Gasteiger partial charge < -0.3 is 9.47 Å². The number of rotatable bonds is 7. The van der Waals surface area contributed by atoms with Gasteiger partial charge in [0.25, 0.3) is 10.0 Å². The summed E-state index contributed by atoms with van der Waals surface area (Å²) in [4.78, 5) is 0.187. The predicted octanol–water partition coefficient (Wildman–Crippen LogP) is 2.82. The highest BCUT2D eigenvalue weighted by Gasteiger charge is 2.14. The number of aryl methyl sites for hydroxylation is 1. The molecular weight excluding hydrogens is 302 g/mol. The van der Waals surface area contributed by atoms with E-state index in [1.54, 1.807) is 31.4 Å². The number of methoxy groups -OCH3 is 1. The van der Waals surface area contributed by atoms with Gasteiger partial charge in [0.2, 0.25) is 0 Å². The third-order valence-electron chi connectivity index (χ3n) is 2.99. The second-order valence-corrected chi connectivity index (χ2v) is 6.47. The zero-order valence-electron chi connectivity index (χ0n) is 12.6. The Morgan fingerprint density at radius 2 is 1.59 bits per heavy atom. The summed E-state index contributed by atoms with van der Waals surface area (Å²) < 4.78 is 37.4. The number of benzene rings is 2. The van der Waals surface area contributed by atoms with Gasteiger partial charge >= 0.3 is 0 Å². The van der Waals surface area contributed by atoms with Crippen LogP contribution in [0.3, 0.4) is 0 Å². The van der Waals surface area contributed by atoms with E-state index in [0.717, 1.165) is 5.56 Å². The number of sulfonamides is 1. The first-order chi connectivity index (χ1) is 10.5. The lowest BCUT2D eigenvalue weighted by Gasteiger charge is -2.10. The van der Waals surface area contributed by atoms with E-state index < -0.39 is 10.0 Å². The molecule has 0 fully saturated rings. The molecule has 0 unspecified atom stereocenters. The Kier molecular flexibility index (Phi) is 5.41. The maximum Gasteiger partial charge on any atom is 0.261 e. The van der Waals surface area contributed by atoms with Crippen molar-refractivity contribution in [3.8, 4) is 5.75 Å². The van der Waals surface area contributed by atoms with Crippen LogP contribution in [0.4, 0.5) is 5.69 Å².